The Labute approximate surface area is 171 Å². The summed E-state index contributed by atoms with van der Waals surface area (Å²) < 4.78 is 10.9. The third kappa shape index (κ3) is 5.50. The number of rotatable bonds is 6. The molecule has 1 aliphatic rings. The molecule has 0 unspecified atom stereocenters. The molecule has 2 aromatic rings. The van der Waals surface area contributed by atoms with Crippen LogP contribution in [0.2, 0.25) is 0 Å². The fraction of sp³-hybridized carbons (Fsp3) is 0.391. The molecule has 1 saturated heterocycles. The van der Waals surface area contributed by atoms with E-state index in [1.54, 1.807) is 37.4 Å². The van der Waals surface area contributed by atoms with Crippen molar-refractivity contribution in [2.24, 2.45) is 5.92 Å². The Kier molecular flexibility index (Phi) is 6.75. The normalized spacial score (nSPS) is 14.4. The van der Waals surface area contributed by atoms with Crippen LogP contribution in [-0.4, -0.2) is 43.5 Å². The smallest absolute Gasteiger partial charge is 0.262 e. The van der Waals surface area contributed by atoms with Crippen molar-refractivity contribution >= 4 is 17.5 Å². The van der Waals surface area contributed by atoms with Gasteiger partial charge in [0.2, 0.25) is 0 Å². The first-order chi connectivity index (χ1) is 14.0. The van der Waals surface area contributed by atoms with Crippen molar-refractivity contribution in [1.29, 1.82) is 0 Å². The molecule has 1 N–H and O–H groups in total. The van der Waals surface area contributed by atoms with Gasteiger partial charge in [-0.15, -0.1) is 0 Å². The van der Waals surface area contributed by atoms with Crippen LogP contribution in [0, 0.1) is 12.8 Å². The molecule has 0 bridgehead atoms. The molecule has 0 aromatic heterocycles. The van der Waals surface area contributed by atoms with Gasteiger partial charge < -0.3 is 19.7 Å². The first-order valence-corrected chi connectivity index (χ1v) is 9.93. The predicted molar refractivity (Wildman–Crippen MR) is 113 cm³/mol. The van der Waals surface area contributed by atoms with Gasteiger partial charge >= 0.3 is 0 Å². The van der Waals surface area contributed by atoms with Gasteiger partial charge in [-0.1, -0.05) is 19.1 Å². The van der Waals surface area contributed by atoms with E-state index in [1.165, 1.54) is 0 Å². The van der Waals surface area contributed by atoms with Crippen molar-refractivity contribution < 1.29 is 19.1 Å². The third-order valence-corrected chi connectivity index (χ3v) is 5.14. The van der Waals surface area contributed by atoms with E-state index in [4.69, 9.17) is 9.47 Å². The monoisotopic (exact) mass is 396 g/mol. The number of carbonyl (C=O) groups is 2. The van der Waals surface area contributed by atoms with E-state index in [0.29, 0.717) is 28.7 Å². The molecule has 6 heteroatoms. The van der Waals surface area contributed by atoms with Crippen LogP contribution < -0.4 is 14.8 Å². The maximum Gasteiger partial charge on any atom is 0.262 e. The summed E-state index contributed by atoms with van der Waals surface area (Å²) in [6.45, 7) is 5.58. The topological polar surface area (TPSA) is 67.9 Å². The molecular weight excluding hydrogens is 368 g/mol. The molecule has 1 aliphatic heterocycles. The van der Waals surface area contributed by atoms with Crippen LogP contribution in [0.4, 0.5) is 5.69 Å². The molecule has 0 spiro atoms. The van der Waals surface area contributed by atoms with Crippen LogP contribution >= 0.6 is 0 Å². The highest BCUT2D eigenvalue weighted by atomic mass is 16.5. The second-order valence-electron chi connectivity index (χ2n) is 7.55. The van der Waals surface area contributed by atoms with E-state index in [9.17, 15) is 9.59 Å². The number of anilines is 1. The number of likely N-dealkylation sites (tertiary alicyclic amines) is 1. The highest BCUT2D eigenvalue weighted by molar-refractivity contribution is 5.97. The molecule has 0 atom stereocenters. The Bertz CT molecular complexity index is 873. The Morgan fingerprint density at radius 3 is 2.59 bits per heavy atom. The number of carbonyl (C=O) groups excluding carboxylic acids is 2. The Morgan fingerprint density at radius 1 is 1.10 bits per heavy atom. The number of hydrogen-bond acceptors (Lipinski definition) is 4. The summed E-state index contributed by atoms with van der Waals surface area (Å²) in [6.07, 6.45) is 2.06. The van der Waals surface area contributed by atoms with Crippen molar-refractivity contribution in [1.82, 2.24) is 4.90 Å². The molecule has 2 amide bonds. The first-order valence-electron chi connectivity index (χ1n) is 9.93. The van der Waals surface area contributed by atoms with Crippen LogP contribution in [0.3, 0.4) is 0 Å². The summed E-state index contributed by atoms with van der Waals surface area (Å²) >= 11 is 0. The zero-order chi connectivity index (χ0) is 20.8. The average Bonchev–Trinajstić information content (AvgIpc) is 2.73. The molecule has 3 rings (SSSR count). The van der Waals surface area contributed by atoms with Crippen molar-refractivity contribution in [3.05, 3.63) is 53.6 Å². The molecule has 1 fully saturated rings. The summed E-state index contributed by atoms with van der Waals surface area (Å²) in [7, 11) is 1.56. The molecular formula is C23H28N2O4. The standard InChI is InChI=1S/C23H28N2O4/c1-16-9-11-25(12-10-16)23(27)18-5-4-6-19(14-18)24-22(26)15-29-20-8-7-17(2)13-21(20)28-3/h4-8,13-14,16H,9-12,15H2,1-3H3,(H,24,26). The lowest BCUT2D eigenvalue weighted by Crippen LogP contribution is -2.37. The minimum atomic E-state index is -0.302. The number of methoxy groups -OCH3 is 1. The second-order valence-corrected chi connectivity index (χ2v) is 7.55. The number of nitrogens with zero attached hydrogens (tertiary/aromatic N) is 1. The van der Waals surface area contributed by atoms with E-state index in [2.05, 4.69) is 12.2 Å². The van der Waals surface area contributed by atoms with Crippen LogP contribution in [0.15, 0.2) is 42.5 Å². The summed E-state index contributed by atoms with van der Waals surface area (Å²) in [5.41, 5.74) is 2.20. The van der Waals surface area contributed by atoms with Crippen LogP contribution in [0.25, 0.3) is 0 Å². The lowest BCUT2D eigenvalue weighted by atomic mass is 9.98. The van der Waals surface area contributed by atoms with E-state index < -0.39 is 0 Å². The Balaban J connectivity index is 1.58. The fourth-order valence-corrected chi connectivity index (χ4v) is 3.36. The van der Waals surface area contributed by atoms with Gasteiger partial charge in [-0.05, 0) is 61.6 Å². The van der Waals surface area contributed by atoms with E-state index in [0.717, 1.165) is 31.5 Å². The van der Waals surface area contributed by atoms with Gasteiger partial charge in [0.05, 0.1) is 7.11 Å². The molecule has 0 radical (unpaired) electrons. The molecule has 0 aliphatic carbocycles. The van der Waals surface area contributed by atoms with Crippen molar-refractivity contribution in [2.75, 3.05) is 32.1 Å². The van der Waals surface area contributed by atoms with Gasteiger partial charge in [0, 0.05) is 24.3 Å². The zero-order valence-electron chi connectivity index (χ0n) is 17.2. The molecule has 1 heterocycles. The lowest BCUT2D eigenvalue weighted by Gasteiger charge is -2.30. The summed E-state index contributed by atoms with van der Waals surface area (Å²) in [6, 6.07) is 12.6. The highest BCUT2D eigenvalue weighted by Gasteiger charge is 2.21. The van der Waals surface area contributed by atoms with Crippen molar-refractivity contribution in [2.45, 2.75) is 26.7 Å². The minimum absolute atomic E-state index is 0.00800. The maximum atomic E-state index is 12.7. The van der Waals surface area contributed by atoms with Crippen LogP contribution in [0.1, 0.15) is 35.7 Å². The molecule has 0 saturated carbocycles. The average molecular weight is 396 g/mol. The second kappa shape index (κ2) is 9.45. The third-order valence-electron chi connectivity index (χ3n) is 5.14. The SMILES string of the molecule is COc1cc(C)ccc1OCC(=O)Nc1cccc(C(=O)N2CCC(C)CC2)c1. The van der Waals surface area contributed by atoms with Gasteiger partial charge in [-0.3, -0.25) is 9.59 Å². The van der Waals surface area contributed by atoms with Gasteiger partial charge in [-0.25, -0.2) is 0 Å². The van der Waals surface area contributed by atoms with Crippen molar-refractivity contribution in [3.63, 3.8) is 0 Å². The number of hydrogen-bond donors (Lipinski definition) is 1. The minimum Gasteiger partial charge on any atom is -0.493 e. The van der Waals surface area contributed by atoms with Gasteiger partial charge in [0.15, 0.2) is 18.1 Å². The molecule has 154 valence electrons. The number of nitrogens with one attached hydrogen (secondary N) is 1. The molecule has 29 heavy (non-hydrogen) atoms. The highest BCUT2D eigenvalue weighted by Crippen LogP contribution is 2.27. The van der Waals surface area contributed by atoms with Crippen LogP contribution in [0.5, 0.6) is 11.5 Å². The quantitative estimate of drug-likeness (QED) is 0.804. The molecule has 2 aromatic carbocycles. The van der Waals surface area contributed by atoms with Gasteiger partial charge in [-0.2, -0.15) is 0 Å². The molecule has 6 nitrogen and oxygen atoms in total. The van der Waals surface area contributed by atoms with E-state index in [1.807, 2.05) is 24.0 Å². The first kappa shape index (κ1) is 20.7. The van der Waals surface area contributed by atoms with Crippen LogP contribution in [-0.2, 0) is 4.79 Å². The number of aryl methyl sites for hydroxylation is 1. The lowest BCUT2D eigenvalue weighted by molar-refractivity contribution is -0.118. The number of benzene rings is 2. The van der Waals surface area contributed by atoms with E-state index in [-0.39, 0.29) is 18.4 Å². The number of piperidine rings is 1. The Morgan fingerprint density at radius 2 is 1.86 bits per heavy atom. The van der Waals surface area contributed by atoms with Crippen molar-refractivity contribution in [3.8, 4) is 11.5 Å². The summed E-state index contributed by atoms with van der Waals surface area (Å²) in [5, 5.41) is 2.79. The number of amides is 2. The summed E-state index contributed by atoms with van der Waals surface area (Å²) in [4.78, 5) is 26.9. The van der Waals surface area contributed by atoms with E-state index >= 15 is 0 Å². The van der Waals surface area contributed by atoms with Gasteiger partial charge in [0.25, 0.3) is 11.8 Å². The fourth-order valence-electron chi connectivity index (χ4n) is 3.36. The Hall–Kier alpha value is -3.02. The largest absolute Gasteiger partial charge is 0.493 e. The van der Waals surface area contributed by atoms with Gasteiger partial charge in [0.1, 0.15) is 0 Å². The predicted octanol–water partition coefficient (Wildman–Crippen LogP) is 3.89. The maximum absolute atomic E-state index is 12.7. The zero-order valence-corrected chi connectivity index (χ0v) is 17.2. The summed E-state index contributed by atoms with van der Waals surface area (Å²) in [5.74, 6) is 1.47. The number of ether oxygens (including phenoxy) is 2.